The third-order valence-electron chi connectivity index (χ3n) is 4.43. The Morgan fingerprint density at radius 2 is 2.11 bits per heavy atom. The van der Waals surface area contributed by atoms with Gasteiger partial charge in [-0.15, -0.1) is 0 Å². The normalized spacial score (nSPS) is 19.5. The summed E-state index contributed by atoms with van der Waals surface area (Å²) in [6.07, 6.45) is 3.52. The first kappa shape index (κ1) is 12.5. The van der Waals surface area contributed by atoms with Crippen LogP contribution in [-0.2, 0) is 12.8 Å². The van der Waals surface area contributed by atoms with Gasteiger partial charge in [0.25, 0.3) is 0 Å². The van der Waals surface area contributed by atoms with Gasteiger partial charge in [0.05, 0.1) is 18.1 Å². The Balaban J connectivity index is 2.07. The molecule has 1 aliphatic carbocycles. The van der Waals surface area contributed by atoms with Crippen molar-refractivity contribution in [2.24, 2.45) is 11.3 Å². The first-order valence-electron chi connectivity index (χ1n) is 7.03. The van der Waals surface area contributed by atoms with Crippen molar-refractivity contribution in [1.29, 1.82) is 0 Å². The van der Waals surface area contributed by atoms with E-state index in [0.29, 0.717) is 11.3 Å². The summed E-state index contributed by atoms with van der Waals surface area (Å²) in [6.45, 7) is 7.02. The van der Waals surface area contributed by atoms with Gasteiger partial charge in [-0.05, 0) is 42.2 Å². The SMILES string of the molecule is COc1ccc2[nH]c3c(c2n1)CC(C(C)(C)C)CC3. The van der Waals surface area contributed by atoms with Gasteiger partial charge in [0.2, 0.25) is 5.88 Å². The minimum Gasteiger partial charge on any atom is -0.481 e. The zero-order valence-corrected chi connectivity index (χ0v) is 12.2. The third kappa shape index (κ3) is 2.11. The van der Waals surface area contributed by atoms with Crippen molar-refractivity contribution in [3.8, 4) is 5.88 Å². The molecule has 0 aromatic carbocycles. The summed E-state index contributed by atoms with van der Waals surface area (Å²) >= 11 is 0. The maximum atomic E-state index is 5.25. The fourth-order valence-corrected chi connectivity index (χ4v) is 3.11. The summed E-state index contributed by atoms with van der Waals surface area (Å²) < 4.78 is 5.25. The number of hydrogen-bond acceptors (Lipinski definition) is 2. The fourth-order valence-electron chi connectivity index (χ4n) is 3.11. The van der Waals surface area contributed by atoms with Crippen LogP contribution in [0.25, 0.3) is 11.0 Å². The Morgan fingerprint density at radius 1 is 1.32 bits per heavy atom. The van der Waals surface area contributed by atoms with Gasteiger partial charge in [-0.3, -0.25) is 0 Å². The number of nitrogens with zero attached hydrogens (tertiary/aromatic N) is 1. The summed E-state index contributed by atoms with van der Waals surface area (Å²) in [6, 6.07) is 4.00. The number of aromatic nitrogens is 2. The molecule has 3 rings (SSSR count). The highest BCUT2D eigenvalue weighted by Gasteiger charge is 2.30. The van der Waals surface area contributed by atoms with E-state index in [0.717, 1.165) is 29.8 Å². The van der Waals surface area contributed by atoms with Crippen molar-refractivity contribution < 1.29 is 4.74 Å². The van der Waals surface area contributed by atoms with Crippen molar-refractivity contribution in [1.82, 2.24) is 9.97 Å². The molecule has 1 unspecified atom stereocenters. The van der Waals surface area contributed by atoms with Gasteiger partial charge < -0.3 is 9.72 Å². The van der Waals surface area contributed by atoms with Crippen molar-refractivity contribution in [2.75, 3.05) is 7.11 Å². The average Bonchev–Trinajstić information content (AvgIpc) is 2.74. The number of hydrogen-bond donors (Lipinski definition) is 1. The molecule has 102 valence electrons. The van der Waals surface area contributed by atoms with Gasteiger partial charge in [0.1, 0.15) is 0 Å². The van der Waals surface area contributed by atoms with Crippen molar-refractivity contribution in [2.45, 2.75) is 40.0 Å². The van der Waals surface area contributed by atoms with Crippen LogP contribution >= 0.6 is 0 Å². The number of pyridine rings is 1. The molecule has 3 heteroatoms. The summed E-state index contributed by atoms with van der Waals surface area (Å²) in [7, 11) is 1.67. The summed E-state index contributed by atoms with van der Waals surface area (Å²) in [5.41, 5.74) is 5.38. The van der Waals surface area contributed by atoms with Crippen LogP contribution in [0.15, 0.2) is 12.1 Å². The molecule has 0 saturated heterocycles. The molecular weight excluding hydrogens is 236 g/mol. The molecule has 2 heterocycles. The van der Waals surface area contributed by atoms with E-state index in [1.54, 1.807) is 7.11 Å². The van der Waals surface area contributed by atoms with E-state index in [2.05, 4.69) is 36.8 Å². The predicted molar refractivity (Wildman–Crippen MR) is 77.6 cm³/mol. The molecule has 0 fully saturated rings. The number of aromatic amines is 1. The smallest absolute Gasteiger partial charge is 0.213 e. The second-order valence-corrected chi connectivity index (χ2v) is 6.64. The molecule has 1 atom stereocenters. The standard InChI is InChI=1S/C16H22N2O/c1-16(2,3)10-5-6-12-11(9-10)15-13(17-12)7-8-14(18-15)19-4/h7-8,10,17H,5-6,9H2,1-4H3. The predicted octanol–water partition coefficient (Wildman–Crippen LogP) is 3.72. The molecule has 0 bridgehead atoms. The highest BCUT2D eigenvalue weighted by Crippen LogP contribution is 2.39. The van der Waals surface area contributed by atoms with Crippen molar-refractivity contribution in [3.63, 3.8) is 0 Å². The van der Waals surface area contributed by atoms with Crippen molar-refractivity contribution in [3.05, 3.63) is 23.4 Å². The van der Waals surface area contributed by atoms with Crippen LogP contribution in [0.1, 0.15) is 38.4 Å². The second kappa shape index (κ2) is 4.26. The van der Waals surface area contributed by atoms with E-state index in [1.165, 1.54) is 17.7 Å². The van der Waals surface area contributed by atoms with Crippen LogP contribution in [0, 0.1) is 11.3 Å². The first-order chi connectivity index (χ1) is 8.99. The van der Waals surface area contributed by atoms with Gasteiger partial charge in [0, 0.05) is 11.8 Å². The highest BCUT2D eigenvalue weighted by molar-refractivity contribution is 5.81. The van der Waals surface area contributed by atoms with E-state index in [9.17, 15) is 0 Å². The van der Waals surface area contributed by atoms with Crippen LogP contribution in [0.3, 0.4) is 0 Å². The van der Waals surface area contributed by atoms with Gasteiger partial charge in [-0.2, -0.15) is 0 Å². The Bertz CT molecular complexity index is 607. The lowest BCUT2D eigenvalue weighted by molar-refractivity contribution is 0.216. The molecule has 0 radical (unpaired) electrons. The maximum absolute atomic E-state index is 5.25. The molecule has 0 saturated carbocycles. The van der Waals surface area contributed by atoms with E-state index in [1.807, 2.05) is 6.07 Å². The number of ether oxygens (including phenoxy) is 1. The van der Waals surface area contributed by atoms with E-state index in [4.69, 9.17) is 4.74 Å². The lowest BCUT2D eigenvalue weighted by Crippen LogP contribution is -2.26. The van der Waals surface area contributed by atoms with Crippen LogP contribution in [0.4, 0.5) is 0 Å². The van der Waals surface area contributed by atoms with E-state index >= 15 is 0 Å². The van der Waals surface area contributed by atoms with Gasteiger partial charge in [-0.1, -0.05) is 20.8 Å². The van der Waals surface area contributed by atoms with Crippen molar-refractivity contribution >= 4 is 11.0 Å². The molecular formula is C16H22N2O. The maximum Gasteiger partial charge on any atom is 0.213 e. The van der Waals surface area contributed by atoms with Gasteiger partial charge >= 0.3 is 0 Å². The third-order valence-corrected chi connectivity index (χ3v) is 4.43. The largest absolute Gasteiger partial charge is 0.481 e. The van der Waals surface area contributed by atoms with Crippen LogP contribution < -0.4 is 4.74 Å². The number of fused-ring (bicyclic) bond motifs is 3. The summed E-state index contributed by atoms with van der Waals surface area (Å²) in [5, 5.41) is 0. The summed E-state index contributed by atoms with van der Waals surface area (Å²) in [4.78, 5) is 8.15. The second-order valence-electron chi connectivity index (χ2n) is 6.64. The molecule has 1 aliphatic rings. The molecule has 2 aromatic rings. The Labute approximate surface area is 114 Å². The minimum atomic E-state index is 0.361. The number of aryl methyl sites for hydroxylation is 1. The van der Waals surface area contributed by atoms with Crippen LogP contribution in [0.5, 0.6) is 5.88 Å². The molecule has 0 spiro atoms. The zero-order chi connectivity index (χ0) is 13.6. The first-order valence-corrected chi connectivity index (χ1v) is 7.03. The van der Waals surface area contributed by atoms with Gasteiger partial charge in [-0.25, -0.2) is 4.98 Å². The number of nitrogens with one attached hydrogen (secondary N) is 1. The molecule has 1 N–H and O–H groups in total. The Kier molecular flexibility index (Phi) is 2.80. The highest BCUT2D eigenvalue weighted by atomic mass is 16.5. The topological polar surface area (TPSA) is 37.9 Å². The Hall–Kier alpha value is -1.51. The molecule has 3 nitrogen and oxygen atoms in total. The molecule has 2 aromatic heterocycles. The number of rotatable bonds is 1. The monoisotopic (exact) mass is 258 g/mol. The zero-order valence-electron chi connectivity index (χ0n) is 12.2. The lowest BCUT2D eigenvalue weighted by Gasteiger charge is -2.33. The average molecular weight is 258 g/mol. The lowest BCUT2D eigenvalue weighted by atomic mass is 9.72. The van der Waals surface area contributed by atoms with Crippen LogP contribution in [-0.4, -0.2) is 17.1 Å². The fraction of sp³-hybridized carbons (Fsp3) is 0.562. The van der Waals surface area contributed by atoms with E-state index < -0.39 is 0 Å². The summed E-state index contributed by atoms with van der Waals surface area (Å²) in [5.74, 6) is 1.43. The van der Waals surface area contributed by atoms with Crippen LogP contribution in [0.2, 0.25) is 0 Å². The number of H-pyrrole nitrogens is 1. The molecule has 19 heavy (non-hydrogen) atoms. The minimum absolute atomic E-state index is 0.361. The molecule has 0 amide bonds. The molecule has 0 aliphatic heterocycles. The quantitative estimate of drug-likeness (QED) is 0.846. The van der Waals surface area contributed by atoms with Gasteiger partial charge in [0.15, 0.2) is 0 Å². The van der Waals surface area contributed by atoms with E-state index in [-0.39, 0.29) is 0 Å². The number of methoxy groups -OCH3 is 1. The Morgan fingerprint density at radius 3 is 2.79 bits per heavy atom.